The molecule has 0 aliphatic heterocycles. The summed E-state index contributed by atoms with van der Waals surface area (Å²) in [6.45, 7) is 0.480. The number of aromatic nitrogens is 2. The summed E-state index contributed by atoms with van der Waals surface area (Å²) in [6.07, 6.45) is 5.59. The second kappa shape index (κ2) is 5.46. The van der Waals surface area contributed by atoms with E-state index in [0.29, 0.717) is 12.1 Å². The summed E-state index contributed by atoms with van der Waals surface area (Å²) in [5, 5.41) is 2.91. The van der Waals surface area contributed by atoms with Gasteiger partial charge in [0.1, 0.15) is 5.65 Å². The molecule has 100 valence electrons. The summed E-state index contributed by atoms with van der Waals surface area (Å²) in [6, 6.07) is 11.3. The summed E-state index contributed by atoms with van der Waals surface area (Å²) in [5.74, 6) is -0.0943. The summed E-state index contributed by atoms with van der Waals surface area (Å²) < 4.78 is 2.72. The van der Waals surface area contributed by atoms with Crippen LogP contribution in [0.25, 0.3) is 5.65 Å². The standard InChI is InChI=1S/C15H12BrN3O/c16-13-4-2-1-3-12(13)15(20)18-9-11-5-6-14-17-7-8-19(14)10-11/h1-8,10H,9H2,(H,18,20). The number of hydrogen-bond acceptors (Lipinski definition) is 2. The Morgan fingerprint density at radius 1 is 1.25 bits per heavy atom. The number of carbonyl (C=O) groups excluding carboxylic acids is 1. The van der Waals surface area contributed by atoms with Crippen molar-refractivity contribution in [1.29, 1.82) is 0 Å². The molecule has 0 saturated heterocycles. The zero-order valence-corrected chi connectivity index (χ0v) is 12.2. The number of halogens is 1. The van der Waals surface area contributed by atoms with Crippen LogP contribution in [0.5, 0.6) is 0 Å². The highest BCUT2D eigenvalue weighted by Crippen LogP contribution is 2.15. The number of nitrogens with one attached hydrogen (secondary N) is 1. The third kappa shape index (κ3) is 2.58. The monoisotopic (exact) mass is 329 g/mol. The molecule has 1 amide bonds. The van der Waals surface area contributed by atoms with Crippen LogP contribution in [-0.4, -0.2) is 15.3 Å². The molecule has 2 aromatic heterocycles. The van der Waals surface area contributed by atoms with E-state index in [1.807, 2.05) is 47.1 Å². The quantitative estimate of drug-likeness (QED) is 0.802. The van der Waals surface area contributed by atoms with E-state index in [1.165, 1.54) is 0 Å². The Labute approximate surface area is 124 Å². The van der Waals surface area contributed by atoms with Crippen LogP contribution in [0.15, 0.2) is 59.5 Å². The Hall–Kier alpha value is -2.14. The Bertz CT molecular complexity index is 766. The minimum atomic E-state index is -0.0943. The Kier molecular flexibility index (Phi) is 3.52. The van der Waals surface area contributed by atoms with Crippen molar-refractivity contribution in [3.05, 3.63) is 70.6 Å². The average molecular weight is 330 g/mol. The van der Waals surface area contributed by atoms with E-state index in [1.54, 1.807) is 12.3 Å². The molecule has 4 nitrogen and oxygen atoms in total. The lowest BCUT2D eigenvalue weighted by atomic mass is 10.2. The van der Waals surface area contributed by atoms with E-state index in [4.69, 9.17) is 0 Å². The van der Waals surface area contributed by atoms with E-state index < -0.39 is 0 Å². The Morgan fingerprint density at radius 2 is 2.10 bits per heavy atom. The molecular formula is C15H12BrN3O. The number of rotatable bonds is 3. The van der Waals surface area contributed by atoms with Crippen molar-refractivity contribution >= 4 is 27.5 Å². The average Bonchev–Trinajstić information content (AvgIpc) is 2.92. The number of imidazole rings is 1. The molecule has 3 aromatic rings. The number of fused-ring (bicyclic) bond motifs is 1. The smallest absolute Gasteiger partial charge is 0.252 e. The fourth-order valence-electron chi connectivity index (χ4n) is 1.99. The van der Waals surface area contributed by atoms with Gasteiger partial charge in [-0.05, 0) is 39.7 Å². The third-order valence-corrected chi connectivity index (χ3v) is 3.71. The molecule has 20 heavy (non-hydrogen) atoms. The molecule has 0 atom stereocenters. The van der Waals surface area contributed by atoms with Gasteiger partial charge in [-0.2, -0.15) is 0 Å². The van der Waals surface area contributed by atoms with E-state index >= 15 is 0 Å². The molecular weight excluding hydrogens is 318 g/mol. The van der Waals surface area contributed by atoms with Gasteiger partial charge in [0.15, 0.2) is 0 Å². The molecule has 1 aromatic carbocycles. The molecule has 0 bridgehead atoms. The van der Waals surface area contributed by atoms with Crippen LogP contribution < -0.4 is 5.32 Å². The molecule has 2 heterocycles. The first-order valence-corrected chi connectivity index (χ1v) is 6.98. The number of pyridine rings is 1. The molecule has 5 heteroatoms. The molecule has 0 saturated carbocycles. The molecule has 0 aliphatic carbocycles. The van der Waals surface area contributed by atoms with Gasteiger partial charge in [0, 0.05) is 29.6 Å². The van der Waals surface area contributed by atoms with Crippen LogP contribution >= 0.6 is 15.9 Å². The van der Waals surface area contributed by atoms with E-state index in [-0.39, 0.29) is 5.91 Å². The van der Waals surface area contributed by atoms with Gasteiger partial charge in [0.25, 0.3) is 5.91 Å². The van der Waals surface area contributed by atoms with Crippen LogP contribution in [-0.2, 0) is 6.54 Å². The fourth-order valence-corrected chi connectivity index (χ4v) is 2.46. The predicted octanol–water partition coefficient (Wildman–Crippen LogP) is 3.03. The van der Waals surface area contributed by atoms with E-state index in [0.717, 1.165) is 15.7 Å². The maximum atomic E-state index is 12.1. The Morgan fingerprint density at radius 3 is 2.95 bits per heavy atom. The molecule has 0 spiro atoms. The number of benzene rings is 1. The van der Waals surface area contributed by atoms with Gasteiger partial charge in [-0.15, -0.1) is 0 Å². The van der Waals surface area contributed by atoms with E-state index in [9.17, 15) is 4.79 Å². The van der Waals surface area contributed by atoms with Gasteiger partial charge in [-0.25, -0.2) is 4.98 Å². The zero-order valence-electron chi connectivity index (χ0n) is 10.6. The van der Waals surface area contributed by atoms with Crippen LogP contribution in [0.1, 0.15) is 15.9 Å². The lowest BCUT2D eigenvalue weighted by Crippen LogP contribution is -2.23. The molecule has 0 radical (unpaired) electrons. The number of nitrogens with zero attached hydrogens (tertiary/aromatic N) is 2. The molecule has 3 rings (SSSR count). The van der Waals surface area contributed by atoms with Gasteiger partial charge in [0.2, 0.25) is 0 Å². The highest BCUT2D eigenvalue weighted by molar-refractivity contribution is 9.10. The molecule has 1 N–H and O–H groups in total. The highest BCUT2D eigenvalue weighted by atomic mass is 79.9. The van der Waals surface area contributed by atoms with Crippen molar-refractivity contribution in [2.24, 2.45) is 0 Å². The van der Waals surface area contributed by atoms with Crippen molar-refractivity contribution in [2.45, 2.75) is 6.54 Å². The second-order valence-corrected chi connectivity index (χ2v) is 5.25. The first-order valence-electron chi connectivity index (χ1n) is 6.18. The predicted molar refractivity (Wildman–Crippen MR) is 80.5 cm³/mol. The van der Waals surface area contributed by atoms with Crippen molar-refractivity contribution in [2.75, 3.05) is 0 Å². The lowest BCUT2D eigenvalue weighted by molar-refractivity contribution is 0.0950. The minimum absolute atomic E-state index is 0.0943. The van der Waals surface area contributed by atoms with Gasteiger partial charge >= 0.3 is 0 Å². The highest BCUT2D eigenvalue weighted by Gasteiger charge is 2.08. The van der Waals surface area contributed by atoms with Crippen LogP contribution in [0.3, 0.4) is 0 Å². The maximum Gasteiger partial charge on any atom is 0.252 e. The normalized spacial score (nSPS) is 10.7. The van der Waals surface area contributed by atoms with Gasteiger partial charge < -0.3 is 9.72 Å². The van der Waals surface area contributed by atoms with Crippen molar-refractivity contribution < 1.29 is 4.79 Å². The maximum absolute atomic E-state index is 12.1. The summed E-state index contributed by atoms with van der Waals surface area (Å²) >= 11 is 3.38. The first-order chi connectivity index (χ1) is 9.74. The fraction of sp³-hybridized carbons (Fsp3) is 0.0667. The van der Waals surface area contributed by atoms with E-state index in [2.05, 4.69) is 26.2 Å². The van der Waals surface area contributed by atoms with Crippen molar-refractivity contribution in [3.8, 4) is 0 Å². The molecule has 0 unspecified atom stereocenters. The van der Waals surface area contributed by atoms with Gasteiger partial charge in [-0.3, -0.25) is 4.79 Å². The first kappa shape index (κ1) is 12.9. The molecule has 0 fully saturated rings. The van der Waals surface area contributed by atoms with Crippen LogP contribution in [0, 0.1) is 0 Å². The summed E-state index contributed by atoms with van der Waals surface area (Å²) in [4.78, 5) is 16.3. The van der Waals surface area contributed by atoms with Crippen LogP contribution in [0.4, 0.5) is 0 Å². The minimum Gasteiger partial charge on any atom is -0.348 e. The van der Waals surface area contributed by atoms with Crippen molar-refractivity contribution in [3.63, 3.8) is 0 Å². The summed E-state index contributed by atoms with van der Waals surface area (Å²) in [7, 11) is 0. The second-order valence-electron chi connectivity index (χ2n) is 4.39. The Balaban J connectivity index is 1.73. The molecule has 0 aliphatic rings. The third-order valence-electron chi connectivity index (χ3n) is 3.02. The number of amides is 1. The number of carbonyl (C=O) groups is 1. The lowest BCUT2D eigenvalue weighted by Gasteiger charge is -2.07. The van der Waals surface area contributed by atoms with Gasteiger partial charge in [0.05, 0.1) is 5.56 Å². The largest absolute Gasteiger partial charge is 0.348 e. The van der Waals surface area contributed by atoms with Crippen molar-refractivity contribution in [1.82, 2.24) is 14.7 Å². The topological polar surface area (TPSA) is 46.4 Å². The van der Waals surface area contributed by atoms with Gasteiger partial charge in [-0.1, -0.05) is 18.2 Å². The SMILES string of the molecule is O=C(NCc1ccc2nccn2c1)c1ccccc1Br. The summed E-state index contributed by atoms with van der Waals surface area (Å²) in [5.41, 5.74) is 2.55. The zero-order chi connectivity index (χ0) is 13.9. The van der Waals surface area contributed by atoms with Crippen LogP contribution in [0.2, 0.25) is 0 Å². The number of hydrogen-bond donors (Lipinski definition) is 1.